The number of aryl methyl sites for hydroxylation is 1. The van der Waals surface area contributed by atoms with Crippen LogP contribution >= 0.6 is 10.7 Å². The van der Waals surface area contributed by atoms with Gasteiger partial charge < -0.3 is 0 Å². The zero-order valence-electron chi connectivity index (χ0n) is 6.57. The molecule has 0 aliphatic carbocycles. The Kier molecular flexibility index (Phi) is 3.22. The number of aromatic nitrogens is 1. The van der Waals surface area contributed by atoms with Crippen molar-refractivity contribution in [2.24, 2.45) is 0 Å². The van der Waals surface area contributed by atoms with Gasteiger partial charge in [-0.1, -0.05) is 0 Å². The van der Waals surface area contributed by atoms with Crippen molar-refractivity contribution in [1.82, 2.24) is 4.98 Å². The van der Waals surface area contributed by atoms with Crippen LogP contribution < -0.4 is 0 Å². The standard InChI is InChI=1S/C7H7ClFNO2S/c8-13(11,12)4-2-7-5-6(9)1-3-10-7/h1,3,5H,2,4H2. The largest absolute Gasteiger partial charge is 0.261 e. The van der Waals surface area contributed by atoms with E-state index in [9.17, 15) is 12.8 Å². The molecule has 0 saturated carbocycles. The Bertz CT molecular complexity index is 393. The van der Waals surface area contributed by atoms with Gasteiger partial charge in [0.05, 0.1) is 5.75 Å². The number of pyridine rings is 1. The minimum atomic E-state index is -3.53. The summed E-state index contributed by atoms with van der Waals surface area (Å²) >= 11 is 0. The number of hydrogen-bond donors (Lipinski definition) is 0. The van der Waals surface area contributed by atoms with Gasteiger partial charge in [-0.15, -0.1) is 0 Å². The average molecular weight is 224 g/mol. The van der Waals surface area contributed by atoms with Crippen LogP contribution in [0.4, 0.5) is 4.39 Å². The van der Waals surface area contributed by atoms with E-state index >= 15 is 0 Å². The van der Waals surface area contributed by atoms with Crippen molar-refractivity contribution in [3.63, 3.8) is 0 Å². The van der Waals surface area contributed by atoms with Crippen LogP contribution in [0.5, 0.6) is 0 Å². The summed E-state index contributed by atoms with van der Waals surface area (Å²) in [6.07, 6.45) is 1.41. The van der Waals surface area contributed by atoms with Crippen LogP contribution in [-0.4, -0.2) is 19.2 Å². The summed E-state index contributed by atoms with van der Waals surface area (Å²) < 4.78 is 33.6. The van der Waals surface area contributed by atoms with E-state index < -0.39 is 14.9 Å². The Morgan fingerprint density at radius 3 is 2.77 bits per heavy atom. The van der Waals surface area contributed by atoms with Crippen molar-refractivity contribution in [3.05, 3.63) is 29.8 Å². The smallest absolute Gasteiger partial charge is 0.232 e. The van der Waals surface area contributed by atoms with Crippen molar-refractivity contribution in [2.45, 2.75) is 6.42 Å². The highest BCUT2D eigenvalue weighted by Crippen LogP contribution is 2.04. The SMILES string of the molecule is O=S(=O)(Cl)CCc1cc(F)ccn1. The second-order valence-electron chi connectivity index (χ2n) is 2.46. The average Bonchev–Trinajstić information content (AvgIpc) is 2.00. The summed E-state index contributed by atoms with van der Waals surface area (Å²) in [6.45, 7) is 0. The normalized spacial score (nSPS) is 11.5. The monoisotopic (exact) mass is 223 g/mol. The summed E-state index contributed by atoms with van der Waals surface area (Å²) in [5.74, 6) is -0.665. The molecule has 1 rings (SSSR count). The van der Waals surface area contributed by atoms with Gasteiger partial charge in [0, 0.05) is 29.0 Å². The molecule has 72 valence electrons. The first kappa shape index (κ1) is 10.4. The Morgan fingerprint density at radius 2 is 2.23 bits per heavy atom. The van der Waals surface area contributed by atoms with Gasteiger partial charge in [-0.25, -0.2) is 12.8 Å². The summed E-state index contributed by atoms with van der Waals surface area (Å²) in [5.41, 5.74) is 0.379. The van der Waals surface area contributed by atoms with Crippen LogP contribution in [0.2, 0.25) is 0 Å². The van der Waals surface area contributed by atoms with E-state index in [2.05, 4.69) is 4.98 Å². The van der Waals surface area contributed by atoms with E-state index in [1.54, 1.807) is 0 Å². The van der Waals surface area contributed by atoms with Gasteiger partial charge in [0.25, 0.3) is 0 Å². The van der Waals surface area contributed by atoms with Gasteiger partial charge in [-0.3, -0.25) is 4.98 Å². The number of hydrogen-bond acceptors (Lipinski definition) is 3. The molecule has 0 aliphatic rings. The van der Waals surface area contributed by atoms with Crippen LogP contribution in [0.15, 0.2) is 18.3 Å². The lowest BCUT2D eigenvalue weighted by atomic mass is 10.3. The van der Waals surface area contributed by atoms with Crippen LogP contribution in [-0.2, 0) is 15.5 Å². The Labute approximate surface area is 80.0 Å². The fraction of sp³-hybridized carbons (Fsp3) is 0.286. The molecule has 1 heterocycles. The van der Waals surface area contributed by atoms with Crippen molar-refractivity contribution in [2.75, 3.05) is 5.75 Å². The van der Waals surface area contributed by atoms with Crippen molar-refractivity contribution >= 4 is 19.7 Å². The lowest BCUT2D eigenvalue weighted by Crippen LogP contribution is -2.02. The molecule has 0 radical (unpaired) electrons. The predicted molar refractivity (Wildman–Crippen MR) is 47.5 cm³/mol. The van der Waals surface area contributed by atoms with E-state index in [0.29, 0.717) is 5.69 Å². The number of rotatable bonds is 3. The summed E-state index contributed by atoms with van der Waals surface area (Å²) in [4.78, 5) is 3.78. The maximum Gasteiger partial charge on any atom is 0.232 e. The fourth-order valence-corrected chi connectivity index (χ4v) is 1.50. The first-order valence-corrected chi connectivity index (χ1v) is 5.98. The zero-order valence-corrected chi connectivity index (χ0v) is 8.15. The Morgan fingerprint density at radius 1 is 1.54 bits per heavy atom. The molecule has 13 heavy (non-hydrogen) atoms. The van der Waals surface area contributed by atoms with Gasteiger partial charge in [-0.2, -0.15) is 0 Å². The highest BCUT2D eigenvalue weighted by atomic mass is 35.7. The molecule has 0 aromatic carbocycles. The molecule has 0 amide bonds. The van der Waals surface area contributed by atoms with Crippen molar-refractivity contribution in [3.8, 4) is 0 Å². The summed E-state index contributed by atoms with van der Waals surface area (Å²) in [5, 5.41) is 0. The van der Waals surface area contributed by atoms with Gasteiger partial charge >= 0.3 is 0 Å². The fourth-order valence-electron chi connectivity index (χ4n) is 0.812. The molecule has 0 atom stereocenters. The van der Waals surface area contributed by atoms with Crippen LogP contribution in [0.3, 0.4) is 0 Å². The van der Waals surface area contributed by atoms with Crippen molar-refractivity contribution < 1.29 is 12.8 Å². The third-order valence-corrected chi connectivity index (χ3v) is 2.54. The predicted octanol–water partition coefficient (Wildman–Crippen LogP) is 1.33. The molecule has 0 fully saturated rings. The van der Waals surface area contributed by atoms with Crippen LogP contribution in [0.1, 0.15) is 5.69 Å². The molecule has 1 aromatic rings. The first-order valence-electron chi connectivity index (χ1n) is 3.50. The molecule has 0 spiro atoms. The maximum atomic E-state index is 12.6. The Balaban J connectivity index is 2.65. The van der Waals surface area contributed by atoms with Gasteiger partial charge in [0.1, 0.15) is 5.82 Å². The zero-order chi connectivity index (χ0) is 9.90. The molecule has 0 saturated heterocycles. The minimum absolute atomic E-state index is 0.129. The quantitative estimate of drug-likeness (QED) is 0.727. The number of nitrogens with zero attached hydrogens (tertiary/aromatic N) is 1. The molecule has 0 bridgehead atoms. The van der Waals surface area contributed by atoms with Crippen LogP contribution in [0.25, 0.3) is 0 Å². The highest BCUT2D eigenvalue weighted by Gasteiger charge is 2.06. The number of halogens is 2. The van der Waals surface area contributed by atoms with E-state index in [1.165, 1.54) is 18.3 Å². The molecular formula is C7H7ClFNO2S. The minimum Gasteiger partial charge on any atom is -0.261 e. The van der Waals surface area contributed by atoms with E-state index in [0.717, 1.165) is 0 Å². The molecule has 3 nitrogen and oxygen atoms in total. The first-order chi connectivity index (χ1) is 5.97. The van der Waals surface area contributed by atoms with E-state index in [-0.39, 0.29) is 12.2 Å². The second kappa shape index (κ2) is 4.02. The summed E-state index contributed by atoms with van der Waals surface area (Å²) in [7, 11) is 1.45. The van der Waals surface area contributed by atoms with Crippen LogP contribution in [0, 0.1) is 5.82 Å². The topological polar surface area (TPSA) is 47.0 Å². The van der Waals surface area contributed by atoms with Gasteiger partial charge in [0.2, 0.25) is 9.05 Å². The highest BCUT2D eigenvalue weighted by molar-refractivity contribution is 8.13. The molecule has 0 aliphatic heterocycles. The maximum absolute atomic E-state index is 12.6. The van der Waals surface area contributed by atoms with Crippen molar-refractivity contribution in [1.29, 1.82) is 0 Å². The molecule has 0 N–H and O–H groups in total. The lowest BCUT2D eigenvalue weighted by Gasteiger charge is -1.97. The molecule has 0 unspecified atom stereocenters. The molecule has 6 heteroatoms. The van der Waals surface area contributed by atoms with Gasteiger partial charge in [-0.05, 0) is 12.1 Å². The summed E-state index contributed by atoms with van der Waals surface area (Å²) in [6, 6.07) is 2.38. The second-order valence-corrected chi connectivity index (χ2v) is 5.35. The van der Waals surface area contributed by atoms with Gasteiger partial charge in [0.15, 0.2) is 0 Å². The molecular weight excluding hydrogens is 217 g/mol. The van der Waals surface area contributed by atoms with E-state index in [4.69, 9.17) is 10.7 Å². The third-order valence-electron chi connectivity index (χ3n) is 1.38. The Hall–Kier alpha value is -0.680. The third kappa shape index (κ3) is 4.19. The van der Waals surface area contributed by atoms with E-state index in [1.807, 2.05) is 0 Å². The molecule has 1 aromatic heterocycles. The lowest BCUT2D eigenvalue weighted by molar-refractivity contribution is 0.606.